The highest BCUT2D eigenvalue weighted by Crippen LogP contribution is 2.35. The van der Waals surface area contributed by atoms with E-state index in [-0.39, 0.29) is 0 Å². The van der Waals surface area contributed by atoms with E-state index in [0.717, 1.165) is 18.4 Å². The van der Waals surface area contributed by atoms with Gasteiger partial charge >= 0.3 is 0 Å². The molecule has 0 amide bonds. The first-order chi connectivity index (χ1) is 9.63. The molecule has 2 aliphatic carbocycles. The van der Waals surface area contributed by atoms with Gasteiger partial charge in [-0.3, -0.25) is 0 Å². The zero-order chi connectivity index (χ0) is 14.5. The van der Waals surface area contributed by atoms with Crippen molar-refractivity contribution in [1.29, 1.82) is 0 Å². The van der Waals surface area contributed by atoms with Crippen LogP contribution in [0, 0.1) is 17.8 Å². The highest BCUT2D eigenvalue weighted by Gasteiger charge is 2.36. The van der Waals surface area contributed by atoms with Crippen molar-refractivity contribution in [3.63, 3.8) is 0 Å². The Bertz CT molecular complexity index is 281. The summed E-state index contributed by atoms with van der Waals surface area (Å²) >= 11 is 0. The number of ether oxygens (including phenoxy) is 1. The fourth-order valence-electron chi connectivity index (χ4n) is 4.48. The summed E-state index contributed by atoms with van der Waals surface area (Å²) in [7, 11) is 0. The van der Waals surface area contributed by atoms with Gasteiger partial charge in [0.2, 0.25) is 0 Å². The summed E-state index contributed by atoms with van der Waals surface area (Å²) in [4.78, 5) is 0. The summed E-state index contributed by atoms with van der Waals surface area (Å²) < 4.78 is 6.63. The average Bonchev–Trinajstić information content (AvgIpc) is 2.43. The Morgan fingerprint density at radius 2 is 1.85 bits per heavy atom. The molecule has 2 rings (SSSR count). The Hall–Kier alpha value is -0.0800. The third kappa shape index (κ3) is 4.21. The van der Waals surface area contributed by atoms with Crippen LogP contribution in [0.25, 0.3) is 0 Å². The fourth-order valence-corrected chi connectivity index (χ4v) is 4.48. The number of rotatable bonds is 5. The Morgan fingerprint density at radius 1 is 1.05 bits per heavy atom. The molecule has 20 heavy (non-hydrogen) atoms. The maximum absolute atomic E-state index is 6.63. The van der Waals surface area contributed by atoms with Crippen molar-refractivity contribution in [3.8, 4) is 0 Å². The average molecular weight is 281 g/mol. The fraction of sp³-hybridized carbons (Fsp3) is 1.00. The largest absolute Gasteiger partial charge is 0.373 e. The first-order valence-electron chi connectivity index (χ1n) is 9.02. The van der Waals surface area contributed by atoms with Gasteiger partial charge in [0.05, 0.1) is 12.2 Å². The minimum absolute atomic E-state index is 0.437. The Kier molecular flexibility index (Phi) is 6.35. The second kappa shape index (κ2) is 7.79. The van der Waals surface area contributed by atoms with Crippen molar-refractivity contribution < 1.29 is 4.74 Å². The van der Waals surface area contributed by atoms with E-state index >= 15 is 0 Å². The van der Waals surface area contributed by atoms with Crippen molar-refractivity contribution in [2.45, 2.75) is 90.9 Å². The van der Waals surface area contributed by atoms with E-state index in [1.807, 2.05) is 0 Å². The van der Waals surface area contributed by atoms with E-state index in [2.05, 4.69) is 33.0 Å². The van der Waals surface area contributed by atoms with Gasteiger partial charge in [-0.1, -0.05) is 47.0 Å². The highest BCUT2D eigenvalue weighted by molar-refractivity contribution is 4.90. The molecule has 2 aliphatic rings. The van der Waals surface area contributed by atoms with Gasteiger partial charge in [-0.25, -0.2) is 0 Å². The molecule has 118 valence electrons. The van der Waals surface area contributed by atoms with Crippen molar-refractivity contribution in [2.24, 2.45) is 17.8 Å². The molecule has 2 nitrogen and oxygen atoms in total. The van der Waals surface area contributed by atoms with Gasteiger partial charge < -0.3 is 10.1 Å². The molecular formula is C18H35NO. The van der Waals surface area contributed by atoms with Crippen LogP contribution in [-0.4, -0.2) is 24.8 Å². The Morgan fingerprint density at radius 3 is 2.55 bits per heavy atom. The molecule has 6 unspecified atom stereocenters. The summed E-state index contributed by atoms with van der Waals surface area (Å²) in [5, 5.41) is 3.69. The smallest absolute Gasteiger partial charge is 0.0757 e. The van der Waals surface area contributed by atoms with Gasteiger partial charge in [-0.05, 0) is 50.0 Å². The second-order valence-electron chi connectivity index (χ2n) is 7.38. The van der Waals surface area contributed by atoms with Crippen molar-refractivity contribution in [3.05, 3.63) is 0 Å². The van der Waals surface area contributed by atoms with Crippen LogP contribution in [-0.2, 0) is 4.74 Å². The Balaban J connectivity index is 1.93. The molecule has 0 aromatic heterocycles. The second-order valence-corrected chi connectivity index (χ2v) is 7.38. The molecule has 6 atom stereocenters. The summed E-state index contributed by atoms with van der Waals surface area (Å²) in [6.07, 6.45) is 10.3. The first-order valence-corrected chi connectivity index (χ1v) is 9.02. The van der Waals surface area contributed by atoms with Gasteiger partial charge in [-0.2, -0.15) is 0 Å². The Labute approximate surface area is 126 Å². The molecule has 0 aromatic carbocycles. The summed E-state index contributed by atoms with van der Waals surface area (Å²) in [5.41, 5.74) is 0. The van der Waals surface area contributed by atoms with Crippen molar-refractivity contribution >= 4 is 0 Å². The quantitative estimate of drug-likeness (QED) is 0.807. The lowest BCUT2D eigenvalue weighted by atomic mass is 9.77. The molecule has 0 heterocycles. The number of nitrogens with one attached hydrogen (secondary N) is 1. The third-order valence-corrected chi connectivity index (χ3v) is 5.52. The third-order valence-electron chi connectivity index (χ3n) is 5.52. The zero-order valence-electron chi connectivity index (χ0n) is 14.0. The standard InChI is InChI=1S/C18H35NO/c1-5-15-8-7-9-16(12-15)20-18-14(4)10-13(3)11-17(18)19-6-2/h13-19H,5-12H2,1-4H3. The van der Waals surface area contributed by atoms with Crippen LogP contribution >= 0.6 is 0 Å². The summed E-state index contributed by atoms with van der Waals surface area (Å²) in [5.74, 6) is 2.44. The zero-order valence-corrected chi connectivity index (χ0v) is 14.0. The van der Waals surface area contributed by atoms with E-state index in [1.165, 1.54) is 44.9 Å². The molecular weight excluding hydrogens is 246 g/mol. The van der Waals surface area contributed by atoms with E-state index in [4.69, 9.17) is 4.74 Å². The maximum atomic E-state index is 6.63. The topological polar surface area (TPSA) is 21.3 Å². The van der Waals surface area contributed by atoms with Gasteiger partial charge in [0.25, 0.3) is 0 Å². The first kappa shape index (κ1) is 16.3. The molecule has 0 spiro atoms. The normalized spacial score (nSPS) is 42.6. The summed E-state index contributed by atoms with van der Waals surface area (Å²) in [6, 6.07) is 0.570. The number of likely N-dealkylation sites (N-methyl/N-ethyl adjacent to an activating group) is 1. The predicted molar refractivity (Wildman–Crippen MR) is 85.9 cm³/mol. The molecule has 0 radical (unpaired) electrons. The van der Waals surface area contributed by atoms with E-state index in [9.17, 15) is 0 Å². The lowest BCUT2D eigenvalue weighted by molar-refractivity contribution is -0.0966. The van der Waals surface area contributed by atoms with E-state index < -0.39 is 0 Å². The van der Waals surface area contributed by atoms with Crippen LogP contribution in [0.4, 0.5) is 0 Å². The molecule has 0 saturated heterocycles. The van der Waals surface area contributed by atoms with Gasteiger partial charge in [0.15, 0.2) is 0 Å². The molecule has 2 heteroatoms. The molecule has 0 bridgehead atoms. The van der Waals surface area contributed by atoms with Gasteiger partial charge in [0, 0.05) is 6.04 Å². The maximum Gasteiger partial charge on any atom is 0.0757 e. The minimum Gasteiger partial charge on any atom is -0.373 e. The van der Waals surface area contributed by atoms with Gasteiger partial charge in [-0.15, -0.1) is 0 Å². The van der Waals surface area contributed by atoms with Crippen molar-refractivity contribution in [2.75, 3.05) is 6.54 Å². The monoisotopic (exact) mass is 281 g/mol. The van der Waals surface area contributed by atoms with E-state index in [1.54, 1.807) is 0 Å². The van der Waals surface area contributed by atoms with E-state index in [0.29, 0.717) is 24.2 Å². The SMILES string of the molecule is CCNC1CC(C)CC(C)C1OC1CCCC(CC)C1. The molecule has 0 aromatic rings. The van der Waals surface area contributed by atoms with Crippen LogP contribution < -0.4 is 5.32 Å². The molecule has 0 aliphatic heterocycles. The lowest BCUT2D eigenvalue weighted by Crippen LogP contribution is -2.50. The van der Waals surface area contributed by atoms with Crippen LogP contribution in [0.5, 0.6) is 0 Å². The predicted octanol–water partition coefficient (Wildman–Crippen LogP) is 4.38. The van der Waals surface area contributed by atoms with Crippen LogP contribution in [0.3, 0.4) is 0 Å². The molecule has 1 N–H and O–H groups in total. The van der Waals surface area contributed by atoms with Gasteiger partial charge in [0.1, 0.15) is 0 Å². The minimum atomic E-state index is 0.437. The van der Waals surface area contributed by atoms with Crippen LogP contribution in [0.1, 0.15) is 72.6 Å². The number of hydrogen-bond acceptors (Lipinski definition) is 2. The molecule has 2 fully saturated rings. The highest BCUT2D eigenvalue weighted by atomic mass is 16.5. The van der Waals surface area contributed by atoms with Crippen molar-refractivity contribution in [1.82, 2.24) is 5.32 Å². The van der Waals surface area contributed by atoms with Crippen LogP contribution in [0.15, 0.2) is 0 Å². The lowest BCUT2D eigenvalue weighted by Gasteiger charge is -2.42. The number of hydrogen-bond donors (Lipinski definition) is 1. The molecule has 2 saturated carbocycles. The van der Waals surface area contributed by atoms with Crippen LogP contribution in [0.2, 0.25) is 0 Å². The summed E-state index contributed by atoms with van der Waals surface area (Å²) in [6.45, 7) is 10.4.